The molecule has 0 heterocycles. The Morgan fingerprint density at radius 3 is 2.37 bits per heavy atom. The van der Waals surface area contributed by atoms with Gasteiger partial charge in [0.05, 0.1) is 10.9 Å². The molecule has 0 unspecified atom stereocenters. The molecule has 1 aliphatic carbocycles. The number of carbonyl (C=O) groups excluding carboxylic acids is 1. The van der Waals surface area contributed by atoms with Gasteiger partial charge in [-0.2, -0.15) is 0 Å². The lowest BCUT2D eigenvalue weighted by Gasteiger charge is -2.42. The first-order valence-electron chi connectivity index (χ1n) is 6.67. The smallest absolute Gasteiger partial charge is 0.177 e. The largest absolute Gasteiger partial charge is 0.507 e. The number of fused-ring (bicyclic) bond motifs is 1. The van der Waals surface area contributed by atoms with Crippen LogP contribution in [0.25, 0.3) is 0 Å². The number of rotatable bonds is 2. The molecular formula is C16H21BrO2. The summed E-state index contributed by atoms with van der Waals surface area (Å²) in [6.45, 7) is 8.69. The van der Waals surface area contributed by atoms with Gasteiger partial charge in [0.25, 0.3) is 0 Å². The van der Waals surface area contributed by atoms with E-state index in [1.165, 1.54) is 5.56 Å². The van der Waals surface area contributed by atoms with Crippen molar-refractivity contribution in [3.8, 4) is 5.75 Å². The molecule has 104 valence electrons. The number of Topliss-reactive ketones (excluding diaryl/α,β-unsaturated/α-hetero) is 1. The van der Waals surface area contributed by atoms with Crippen molar-refractivity contribution in [2.24, 2.45) is 0 Å². The summed E-state index contributed by atoms with van der Waals surface area (Å²) >= 11 is 3.17. The van der Waals surface area contributed by atoms with Crippen LogP contribution in [0.5, 0.6) is 5.75 Å². The second kappa shape index (κ2) is 4.62. The molecule has 0 aromatic heterocycles. The predicted octanol–water partition coefficient (Wildman–Crippen LogP) is 4.32. The van der Waals surface area contributed by atoms with Gasteiger partial charge >= 0.3 is 0 Å². The highest BCUT2D eigenvalue weighted by Gasteiger charge is 2.39. The zero-order valence-corrected chi connectivity index (χ0v) is 13.6. The molecule has 1 aromatic carbocycles. The first kappa shape index (κ1) is 14.6. The van der Waals surface area contributed by atoms with Gasteiger partial charge in [0.1, 0.15) is 5.75 Å². The fraction of sp³-hybridized carbons (Fsp3) is 0.562. The number of alkyl halides is 1. The van der Waals surface area contributed by atoms with Crippen LogP contribution in [0.1, 0.15) is 62.0 Å². The number of phenols is 1. The maximum atomic E-state index is 11.9. The summed E-state index contributed by atoms with van der Waals surface area (Å²) in [7, 11) is 0. The second-order valence-electron chi connectivity index (χ2n) is 6.71. The molecule has 0 aliphatic heterocycles. The van der Waals surface area contributed by atoms with Gasteiger partial charge in [-0.15, -0.1) is 0 Å². The number of ketones is 1. The molecule has 2 nitrogen and oxygen atoms in total. The van der Waals surface area contributed by atoms with E-state index in [1.807, 2.05) is 6.07 Å². The summed E-state index contributed by atoms with van der Waals surface area (Å²) in [6, 6.07) is 3.78. The van der Waals surface area contributed by atoms with Crippen LogP contribution in [-0.2, 0) is 10.8 Å². The Bertz CT molecular complexity index is 530. The third-order valence-electron chi connectivity index (χ3n) is 4.38. The van der Waals surface area contributed by atoms with Crippen molar-refractivity contribution in [3.05, 3.63) is 28.8 Å². The zero-order chi connectivity index (χ0) is 14.4. The Labute approximate surface area is 123 Å². The Balaban J connectivity index is 2.71. The number of halogens is 1. The van der Waals surface area contributed by atoms with Crippen LogP contribution in [0.15, 0.2) is 12.1 Å². The number of benzene rings is 1. The summed E-state index contributed by atoms with van der Waals surface area (Å²) in [6.07, 6.45) is 2.12. The van der Waals surface area contributed by atoms with E-state index >= 15 is 0 Å². The van der Waals surface area contributed by atoms with Crippen LogP contribution in [0.2, 0.25) is 0 Å². The number of carbonyl (C=O) groups is 1. The average Bonchev–Trinajstić information content (AvgIpc) is 2.34. The van der Waals surface area contributed by atoms with E-state index in [1.54, 1.807) is 6.07 Å². The van der Waals surface area contributed by atoms with Crippen LogP contribution in [0.3, 0.4) is 0 Å². The molecule has 0 amide bonds. The molecule has 2 rings (SSSR count). The third-order valence-corrected chi connectivity index (χ3v) is 4.89. The monoisotopic (exact) mass is 324 g/mol. The Morgan fingerprint density at radius 2 is 1.79 bits per heavy atom. The minimum Gasteiger partial charge on any atom is -0.507 e. The van der Waals surface area contributed by atoms with Crippen molar-refractivity contribution in [1.29, 1.82) is 0 Å². The van der Waals surface area contributed by atoms with E-state index < -0.39 is 0 Å². The SMILES string of the molecule is CC1(C)CCC(C)(C)c2c1ccc(C(=O)CBr)c2O. The molecule has 1 aliphatic rings. The summed E-state index contributed by atoms with van der Waals surface area (Å²) < 4.78 is 0. The van der Waals surface area contributed by atoms with Crippen LogP contribution in [0, 0.1) is 0 Å². The van der Waals surface area contributed by atoms with Gasteiger partial charge < -0.3 is 5.11 Å². The lowest BCUT2D eigenvalue weighted by molar-refractivity contribution is 0.102. The lowest BCUT2D eigenvalue weighted by atomic mass is 9.62. The van der Waals surface area contributed by atoms with E-state index in [9.17, 15) is 9.90 Å². The van der Waals surface area contributed by atoms with Crippen LogP contribution in [-0.4, -0.2) is 16.2 Å². The van der Waals surface area contributed by atoms with Crippen LogP contribution < -0.4 is 0 Å². The zero-order valence-electron chi connectivity index (χ0n) is 12.0. The van der Waals surface area contributed by atoms with Crippen molar-refractivity contribution in [2.45, 2.75) is 51.4 Å². The summed E-state index contributed by atoms with van der Waals surface area (Å²) in [5, 5.41) is 10.8. The molecule has 0 bridgehead atoms. The summed E-state index contributed by atoms with van der Waals surface area (Å²) in [5.74, 6) is 0.110. The predicted molar refractivity (Wildman–Crippen MR) is 81.5 cm³/mol. The van der Waals surface area contributed by atoms with E-state index in [-0.39, 0.29) is 27.7 Å². The molecule has 0 saturated heterocycles. The molecule has 3 heteroatoms. The molecule has 0 spiro atoms. The van der Waals surface area contributed by atoms with Gasteiger partial charge in [0.15, 0.2) is 5.78 Å². The molecule has 0 radical (unpaired) electrons. The number of hydrogen-bond donors (Lipinski definition) is 1. The van der Waals surface area contributed by atoms with Crippen molar-refractivity contribution >= 4 is 21.7 Å². The maximum absolute atomic E-state index is 11.9. The quantitative estimate of drug-likeness (QED) is 0.649. The van der Waals surface area contributed by atoms with Gasteiger partial charge in [-0.05, 0) is 35.3 Å². The fourth-order valence-corrected chi connectivity index (χ4v) is 3.32. The van der Waals surface area contributed by atoms with Crippen molar-refractivity contribution in [1.82, 2.24) is 0 Å². The van der Waals surface area contributed by atoms with Crippen molar-refractivity contribution < 1.29 is 9.90 Å². The molecule has 0 fully saturated rings. The first-order valence-corrected chi connectivity index (χ1v) is 7.79. The number of aromatic hydroxyl groups is 1. The minimum atomic E-state index is -0.0858. The highest BCUT2D eigenvalue weighted by molar-refractivity contribution is 9.09. The second-order valence-corrected chi connectivity index (χ2v) is 7.27. The first-order chi connectivity index (χ1) is 8.70. The maximum Gasteiger partial charge on any atom is 0.177 e. The Kier molecular flexibility index (Phi) is 3.54. The molecule has 0 atom stereocenters. The van der Waals surface area contributed by atoms with Crippen molar-refractivity contribution in [2.75, 3.05) is 5.33 Å². The average molecular weight is 325 g/mol. The molecule has 1 N–H and O–H groups in total. The minimum absolute atomic E-state index is 0.0539. The van der Waals surface area contributed by atoms with E-state index in [2.05, 4.69) is 43.6 Å². The highest BCUT2D eigenvalue weighted by atomic mass is 79.9. The molecule has 19 heavy (non-hydrogen) atoms. The summed E-state index contributed by atoms with van der Waals surface area (Å²) in [4.78, 5) is 11.9. The van der Waals surface area contributed by atoms with E-state index in [0.717, 1.165) is 18.4 Å². The van der Waals surface area contributed by atoms with Crippen molar-refractivity contribution in [3.63, 3.8) is 0 Å². The molecule has 0 saturated carbocycles. The summed E-state index contributed by atoms with van der Waals surface area (Å²) in [5.41, 5.74) is 2.53. The topological polar surface area (TPSA) is 37.3 Å². The normalized spacial score (nSPS) is 19.8. The van der Waals surface area contributed by atoms with E-state index in [0.29, 0.717) is 5.56 Å². The molecular weight excluding hydrogens is 304 g/mol. The number of hydrogen-bond acceptors (Lipinski definition) is 2. The molecule has 1 aromatic rings. The van der Waals surface area contributed by atoms with Gasteiger partial charge in [-0.25, -0.2) is 0 Å². The standard InChI is InChI=1S/C16H21BrO2/c1-15(2)7-8-16(3,4)13-11(15)6-5-10(14(13)19)12(18)9-17/h5-6,19H,7-9H2,1-4H3. The fourth-order valence-electron chi connectivity index (χ4n) is 3.02. The van der Waals surface area contributed by atoms with Gasteiger partial charge in [-0.3, -0.25) is 4.79 Å². The van der Waals surface area contributed by atoms with Crippen LogP contribution in [0.4, 0.5) is 0 Å². The van der Waals surface area contributed by atoms with E-state index in [4.69, 9.17) is 0 Å². The third kappa shape index (κ3) is 2.33. The van der Waals surface area contributed by atoms with Crippen LogP contribution >= 0.6 is 15.9 Å². The Hall–Kier alpha value is -0.830. The lowest BCUT2D eigenvalue weighted by Crippen LogP contribution is -2.34. The number of phenolic OH excluding ortho intramolecular Hbond substituents is 1. The van der Waals surface area contributed by atoms with Gasteiger partial charge in [-0.1, -0.05) is 49.7 Å². The Morgan fingerprint density at radius 1 is 1.21 bits per heavy atom. The highest BCUT2D eigenvalue weighted by Crippen LogP contribution is 2.49. The van der Waals surface area contributed by atoms with Gasteiger partial charge in [0.2, 0.25) is 0 Å². The van der Waals surface area contributed by atoms with Gasteiger partial charge in [0, 0.05) is 5.56 Å².